The lowest BCUT2D eigenvalue weighted by atomic mass is 10.0. The molecule has 0 aliphatic heterocycles. The largest absolute Gasteiger partial charge is 0.478 e. The van der Waals surface area contributed by atoms with E-state index < -0.39 is 11.9 Å². The summed E-state index contributed by atoms with van der Waals surface area (Å²) >= 11 is 12.2. The molecule has 0 atom stereocenters. The molecule has 1 aromatic heterocycles. The molecule has 3 rings (SSSR count). The predicted octanol–water partition coefficient (Wildman–Crippen LogP) is 5.02. The number of benzene rings is 2. The summed E-state index contributed by atoms with van der Waals surface area (Å²) in [6.45, 7) is 3.44. The van der Waals surface area contributed by atoms with Crippen LogP contribution in [0.1, 0.15) is 32.1 Å². The summed E-state index contributed by atoms with van der Waals surface area (Å²) in [6, 6.07) is 9.59. The van der Waals surface area contributed by atoms with E-state index in [-0.39, 0.29) is 11.4 Å². The number of amides is 1. The minimum atomic E-state index is -1.03. The number of hydrogen-bond donors (Lipinski definition) is 2. The molecule has 0 aliphatic rings. The van der Waals surface area contributed by atoms with Crippen LogP contribution in [0.15, 0.2) is 42.6 Å². The molecule has 0 spiro atoms. The highest BCUT2D eigenvalue weighted by Crippen LogP contribution is 2.29. The number of nitrogens with one attached hydrogen (secondary N) is 1. The predicted molar refractivity (Wildman–Crippen MR) is 108 cm³/mol. The van der Waals surface area contributed by atoms with Crippen molar-refractivity contribution in [2.75, 3.05) is 5.32 Å². The first-order valence-electron chi connectivity index (χ1n) is 8.20. The highest BCUT2D eigenvalue weighted by atomic mass is 35.5. The molecule has 2 N–H and O–H groups in total. The van der Waals surface area contributed by atoms with Crippen molar-refractivity contribution >= 4 is 40.8 Å². The third-order valence-corrected chi connectivity index (χ3v) is 4.65. The minimum absolute atomic E-state index is 0.0466. The van der Waals surface area contributed by atoms with Crippen molar-refractivity contribution in [1.82, 2.24) is 9.97 Å². The van der Waals surface area contributed by atoms with E-state index in [4.69, 9.17) is 28.3 Å². The maximum atomic E-state index is 12.7. The van der Waals surface area contributed by atoms with Gasteiger partial charge in [-0.25, -0.2) is 14.8 Å². The van der Waals surface area contributed by atoms with Crippen LogP contribution in [0.4, 0.5) is 5.69 Å². The molecule has 2 aromatic carbocycles. The number of anilines is 1. The molecule has 6 nitrogen and oxygen atoms in total. The van der Waals surface area contributed by atoms with Gasteiger partial charge in [0.2, 0.25) is 5.82 Å². The molecule has 1 heterocycles. The van der Waals surface area contributed by atoms with Gasteiger partial charge in [0.25, 0.3) is 5.91 Å². The molecule has 28 heavy (non-hydrogen) atoms. The molecule has 0 saturated carbocycles. The average Bonchev–Trinajstić information content (AvgIpc) is 2.66. The first-order chi connectivity index (χ1) is 13.3. The summed E-state index contributed by atoms with van der Waals surface area (Å²) in [5.74, 6) is -1.59. The van der Waals surface area contributed by atoms with Crippen LogP contribution in [0.25, 0.3) is 11.3 Å². The number of nitrogens with zero attached hydrogens (tertiary/aromatic N) is 2. The molecule has 8 heteroatoms. The number of carbonyl (C=O) groups excluding carboxylic acids is 1. The second-order valence-electron chi connectivity index (χ2n) is 6.13. The maximum Gasteiger partial charge on any atom is 0.335 e. The van der Waals surface area contributed by atoms with Gasteiger partial charge in [0.05, 0.1) is 16.3 Å². The monoisotopic (exact) mass is 415 g/mol. The van der Waals surface area contributed by atoms with Crippen molar-refractivity contribution in [2.24, 2.45) is 0 Å². The van der Waals surface area contributed by atoms with Crippen LogP contribution < -0.4 is 5.32 Å². The number of halogens is 2. The summed E-state index contributed by atoms with van der Waals surface area (Å²) in [5, 5.41) is 12.8. The van der Waals surface area contributed by atoms with E-state index in [1.165, 1.54) is 18.3 Å². The van der Waals surface area contributed by atoms with Gasteiger partial charge >= 0.3 is 5.97 Å². The second-order valence-corrected chi connectivity index (χ2v) is 6.98. The number of aromatic nitrogens is 2. The lowest BCUT2D eigenvalue weighted by molar-refractivity contribution is 0.0696. The molecule has 0 fully saturated rings. The summed E-state index contributed by atoms with van der Waals surface area (Å²) in [6.07, 6.45) is 1.46. The summed E-state index contributed by atoms with van der Waals surface area (Å²) in [5.41, 5.74) is 2.97. The third kappa shape index (κ3) is 4.13. The van der Waals surface area contributed by atoms with Crippen molar-refractivity contribution < 1.29 is 14.7 Å². The topological polar surface area (TPSA) is 92.2 Å². The van der Waals surface area contributed by atoms with E-state index in [9.17, 15) is 9.59 Å². The Bertz CT molecular complexity index is 1080. The van der Waals surface area contributed by atoms with Crippen LogP contribution >= 0.6 is 23.2 Å². The Morgan fingerprint density at radius 3 is 2.36 bits per heavy atom. The van der Waals surface area contributed by atoms with E-state index in [0.29, 0.717) is 38.1 Å². The van der Waals surface area contributed by atoms with Gasteiger partial charge in [-0.1, -0.05) is 23.2 Å². The van der Waals surface area contributed by atoms with Gasteiger partial charge in [0, 0.05) is 22.5 Å². The van der Waals surface area contributed by atoms with E-state index >= 15 is 0 Å². The van der Waals surface area contributed by atoms with Crippen LogP contribution in [0, 0.1) is 13.8 Å². The highest BCUT2D eigenvalue weighted by Gasteiger charge is 2.16. The zero-order valence-electron chi connectivity index (χ0n) is 15.0. The van der Waals surface area contributed by atoms with Crippen molar-refractivity contribution in [3.63, 3.8) is 0 Å². The van der Waals surface area contributed by atoms with Crippen molar-refractivity contribution in [3.05, 3.63) is 75.2 Å². The number of aromatic carboxylic acids is 1. The number of carboxylic acids is 1. The van der Waals surface area contributed by atoms with Crippen LogP contribution in [0.2, 0.25) is 10.0 Å². The zero-order chi connectivity index (χ0) is 20.4. The fraction of sp³-hybridized carbons (Fsp3) is 0.100. The fourth-order valence-electron chi connectivity index (χ4n) is 2.77. The molecular weight excluding hydrogens is 401 g/mol. The summed E-state index contributed by atoms with van der Waals surface area (Å²) in [4.78, 5) is 32.1. The first-order valence-corrected chi connectivity index (χ1v) is 8.96. The molecule has 0 bridgehead atoms. The molecule has 0 aliphatic carbocycles. The van der Waals surface area contributed by atoms with Crippen LogP contribution in [-0.2, 0) is 0 Å². The van der Waals surface area contributed by atoms with Crippen LogP contribution in [0.5, 0.6) is 0 Å². The van der Waals surface area contributed by atoms with Gasteiger partial charge in [-0.2, -0.15) is 0 Å². The van der Waals surface area contributed by atoms with Crippen LogP contribution in [0.3, 0.4) is 0 Å². The number of rotatable bonds is 4. The summed E-state index contributed by atoms with van der Waals surface area (Å²) in [7, 11) is 0. The number of carbonyl (C=O) groups is 2. The minimum Gasteiger partial charge on any atom is -0.478 e. The second kappa shape index (κ2) is 7.96. The molecular formula is C20H15Cl2N3O3. The lowest BCUT2D eigenvalue weighted by Crippen LogP contribution is -2.17. The smallest absolute Gasteiger partial charge is 0.335 e. The van der Waals surface area contributed by atoms with Gasteiger partial charge in [-0.15, -0.1) is 0 Å². The quantitative estimate of drug-likeness (QED) is 0.623. The fourth-order valence-corrected chi connectivity index (χ4v) is 3.15. The number of aryl methyl sites for hydroxylation is 2. The molecule has 1 amide bonds. The van der Waals surface area contributed by atoms with E-state index in [0.717, 1.165) is 0 Å². The SMILES string of the molecule is Cc1cc(C(=O)O)cc(C)c1NC(=O)c1nccc(-c2cc(Cl)ccc2Cl)n1. The summed E-state index contributed by atoms with van der Waals surface area (Å²) < 4.78 is 0. The highest BCUT2D eigenvalue weighted by molar-refractivity contribution is 6.35. The normalized spacial score (nSPS) is 10.6. The van der Waals surface area contributed by atoms with Crippen molar-refractivity contribution in [3.8, 4) is 11.3 Å². The van der Waals surface area contributed by atoms with Crippen molar-refractivity contribution in [1.29, 1.82) is 0 Å². The first kappa shape index (κ1) is 19.8. The Labute approximate surface area is 171 Å². The van der Waals surface area contributed by atoms with Crippen LogP contribution in [-0.4, -0.2) is 27.0 Å². The van der Waals surface area contributed by atoms with Gasteiger partial charge in [-0.3, -0.25) is 4.79 Å². The Balaban J connectivity index is 1.92. The van der Waals surface area contributed by atoms with Gasteiger partial charge in [0.15, 0.2) is 0 Å². The molecule has 0 unspecified atom stereocenters. The molecule has 0 radical (unpaired) electrons. The Morgan fingerprint density at radius 2 is 1.71 bits per heavy atom. The van der Waals surface area contributed by atoms with Crippen molar-refractivity contribution in [2.45, 2.75) is 13.8 Å². The number of hydrogen-bond acceptors (Lipinski definition) is 4. The Morgan fingerprint density at radius 1 is 1.04 bits per heavy atom. The Kier molecular flexibility index (Phi) is 5.63. The standard InChI is InChI=1S/C20H15Cl2N3O3/c1-10-7-12(20(27)28)8-11(2)17(10)25-19(26)18-23-6-5-16(24-18)14-9-13(21)3-4-15(14)22/h3-9H,1-2H3,(H,25,26)(H,27,28). The van der Waals surface area contributed by atoms with E-state index in [1.807, 2.05) is 0 Å². The van der Waals surface area contributed by atoms with E-state index in [2.05, 4.69) is 15.3 Å². The molecule has 142 valence electrons. The van der Waals surface area contributed by atoms with Gasteiger partial charge in [0.1, 0.15) is 0 Å². The maximum absolute atomic E-state index is 12.7. The van der Waals surface area contributed by atoms with E-state index in [1.54, 1.807) is 38.1 Å². The van der Waals surface area contributed by atoms with Gasteiger partial charge < -0.3 is 10.4 Å². The lowest BCUT2D eigenvalue weighted by Gasteiger charge is -2.12. The zero-order valence-corrected chi connectivity index (χ0v) is 16.5. The molecule has 3 aromatic rings. The molecule has 0 saturated heterocycles. The number of carboxylic acid groups (broad SMARTS) is 1. The Hall–Kier alpha value is -2.96. The average molecular weight is 416 g/mol. The van der Waals surface area contributed by atoms with Gasteiger partial charge in [-0.05, 0) is 61.4 Å². The third-order valence-electron chi connectivity index (χ3n) is 4.08.